The maximum atomic E-state index is 14.4. The summed E-state index contributed by atoms with van der Waals surface area (Å²) in [7, 11) is -10.6. The van der Waals surface area contributed by atoms with Crippen LogP contribution in [0.3, 0.4) is 0 Å². The smallest absolute Gasteiger partial charge is 0.199 e. The molecule has 12 heteroatoms. The predicted octanol–water partition coefficient (Wildman–Crippen LogP) is 13.1. The lowest BCUT2D eigenvalue weighted by Crippen LogP contribution is -2.35. The van der Waals surface area contributed by atoms with E-state index in [1.165, 1.54) is 21.3 Å². The van der Waals surface area contributed by atoms with Crippen molar-refractivity contribution in [3.8, 4) is 0 Å². The number of hydrogen-bond donors (Lipinski definition) is 0. The van der Waals surface area contributed by atoms with Crippen LogP contribution in [0, 0.1) is 35.5 Å². The van der Waals surface area contributed by atoms with Crippen LogP contribution in [0.2, 0.25) is 0 Å². The Balaban J connectivity index is 2.00. The summed E-state index contributed by atoms with van der Waals surface area (Å²) >= 11 is 0. The molecular weight excluding hydrogens is 688 g/mol. The first kappa shape index (κ1) is 36.4. The highest BCUT2D eigenvalue weighted by molar-refractivity contribution is 9.17. The summed E-state index contributed by atoms with van der Waals surface area (Å²) in [5.41, 5.74) is 0.700. The van der Waals surface area contributed by atoms with Crippen LogP contribution in [0.25, 0.3) is 0 Å². The lowest BCUT2D eigenvalue weighted by Gasteiger charge is -2.76. The lowest BCUT2D eigenvalue weighted by molar-refractivity contribution is 0.477. The Morgan fingerprint density at radius 3 is 0.957 bits per heavy atom. The lowest BCUT2D eigenvalue weighted by atomic mass is 9.88. The van der Waals surface area contributed by atoms with E-state index in [-0.39, 0.29) is 31.5 Å². The molecule has 0 saturated carbocycles. The summed E-state index contributed by atoms with van der Waals surface area (Å²) in [6.07, 6.45) is -5.46. The number of rotatable bonds is 4. The topological polar surface area (TPSA) is 93.0 Å². The van der Waals surface area contributed by atoms with Gasteiger partial charge in [0.25, 0.3) is 20.0 Å². The zero-order valence-corrected chi connectivity index (χ0v) is 35.0. The van der Waals surface area contributed by atoms with Crippen LogP contribution >= 0.6 is 27.5 Å². The molecule has 46 heavy (non-hydrogen) atoms. The number of fused-ring (bicyclic) bond motifs is 4. The molecule has 2 aromatic rings. The van der Waals surface area contributed by atoms with Gasteiger partial charge in [0.2, 0.25) is 0 Å². The van der Waals surface area contributed by atoms with Crippen molar-refractivity contribution in [1.82, 2.24) is 0 Å². The summed E-state index contributed by atoms with van der Waals surface area (Å²) in [4.78, 5) is 0.403. The molecule has 1 fully saturated rings. The van der Waals surface area contributed by atoms with Crippen LogP contribution < -0.4 is 0 Å². The minimum atomic E-state index is -4.03. The molecule has 0 bridgehead atoms. The number of benzene rings is 2. The van der Waals surface area contributed by atoms with E-state index in [0.717, 1.165) is 11.1 Å². The van der Waals surface area contributed by atoms with Gasteiger partial charge in [-0.3, -0.25) is 0 Å². The molecule has 6 nitrogen and oxygen atoms in total. The van der Waals surface area contributed by atoms with E-state index in [2.05, 4.69) is 83.1 Å². The number of aryl methyl sites for hydroxylation is 2. The zero-order chi connectivity index (χ0) is 34.8. The van der Waals surface area contributed by atoms with Gasteiger partial charge in [0, 0.05) is 14.6 Å². The molecule has 5 rings (SSSR count). The van der Waals surface area contributed by atoms with E-state index in [4.69, 9.17) is 8.30 Å². The van der Waals surface area contributed by atoms with E-state index < -0.39 is 47.5 Å². The van der Waals surface area contributed by atoms with Crippen LogP contribution in [0.1, 0.15) is 94.2 Å². The van der Waals surface area contributed by atoms with E-state index in [1.54, 1.807) is 24.3 Å². The van der Waals surface area contributed by atoms with Crippen molar-refractivity contribution in [2.75, 3.05) is 0 Å². The van der Waals surface area contributed by atoms with Crippen LogP contribution in [-0.4, -0.2) is 16.8 Å². The summed E-state index contributed by atoms with van der Waals surface area (Å²) in [6.45, 7) is 30.1. The molecule has 3 aliphatic heterocycles. The minimum Gasteiger partial charge on any atom is -0.199 e. The molecule has 0 N–H and O–H groups in total. The molecule has 0 unspecified atom stereocenters. The normalized spacial score (nSPS) is 26.8. The molecule has 252 valence electrons. The molecule has 0 aromatic heterocycles. The SMILES string of the molecule is Cc1ccc(S(=O)(=O)N=P23C(C(C)(C)C)=C(C(C)(C)C)P2P2(=NS(=O)(=O)c4ccc(C)cc4)C(C(C)(C)C)=C(C(C)(C)C)P32)cc1. The molecule has 2 aromatic carbocycles. The van der Waals surface area contributed by atoms with E-state index in [9.17, 15) is 16.8 Å². The van der Waals surface area contributed by atoms with Gasteiger partial charge in [-0.2, -0.15) is 25.1 Å². The monoisotopic (exact) mass is 738 g/mol. The zero-order valence-electron chi connectivity index (χ0n) is 29.8. The second kappa shape index (κ2) is 10.8. The third kappa shape index (κ3) is 5.40. The Hall–Kier alpha value is -0.860. The number of nitrogens with zero attached hydrogens (tertiary/aromatic N) is 2. The molecule has 3 heterocycles. The first-order valence-electron chi connectivity index (χ1n) is 15.7. The van der Waals surface area contributed by atoms with Crippen molar-refractivity contribution in [3.05, 3.63) is 80.9 Å². The molecule has 0 aliphatic carbocycles. The van der Waals surface area contributed by atoms with E-state index >= 15 is 0 Å². The van der Waals surface area contributed by atoms with Gasteiger partial charge in [0.05, 0.1) is 22.7 Å². The third-order valence-corrected chi connectivity index (χ3v) is 56.4. The standard InChI is InChI=1S/C34H50N2O4P4S2/c1-23-15-19-25(20-16-23)45(37,38)35-43-29(33(9,10)11)27(31(3,4)5)41(43)44(36-46(39,40)26-21-17-24(2)18-22-26)30(34(12,13)14)28(42(43)44)32(6,7)8/h15-22H,1-14H3. The Kier molecular flexibility index (Phi) is 8.57. The second-order valence-electron chi connectivity index (χ2n) is 16.8. The first-order chi connectivity index (χ1) is 20.6. The quantitative estimate of drug-likeness (QED) is 0.292. The molecular formula is C34H50N2O4P4S2. The van der Waals surface area contributed by atoms with Crippen LogP contribution in [0.15, 0.2) is 87.9 Å². The van der Waals surface area contributed by atoms with Gasteiger partial charge in [-0.15, -0.1) is 0 Å². The summed E-state index contributed by atoms with van der Waals surface area (Å²) in [5, 5.41) is 4.87. The highest BCUT2D eigenvalue weighted by atomic mass is 33.0. The van der Waals surface area contributed by atoms with Gasteiger partial charge in [-0.1, -0.05) is 118 Å². The molecule has 0 radical (unpaired) electrons. The van der Waals surface area contributed by atoms with Crippen molar-refractivity contribution in [1.29, 1.82) is 0 Å². The summed E-state index contributed by atoms with van der Waals surface area (Å²) < 4.78 is 68.0. The van der Waals surface area contributed by atoms with Crippen molar-refractivity contribution < 1.29 is 16.8 Å². The van der Waals surface area contributed by atoms with Gasteiger partial charge in [-0.05, 0) is 81.0 Å². The van der Waals surface area contributed by atoms with Gasteiger partial charge in [0.1, 0.15) is 0 Å². The highest BCUT2D eigenvalue weighted by Crippen LogP contribution is 3.42. The first-order valence-corrected chi connectivity index (χ1v) is 27.5. The maximum Gasteiger partial charge on any atom is 0.281 e. The van der Waals surface area contributed by atoms with Crippen LogP contribution in [0.5, 0.6) is 0 Å². The fourth-order valence-corrected chi connectivity index (χ4v) is 79.0. The van der Waals surface area contributed by atoms with Gasteiger partial charge in [0.15, 0.2) is 0 Å². The Labute approximate surface area is 280 Å². The largest absolute Gasteiger partial charge is 0.281 e. The fraction of sp³-hybridized carbons (Fsp3) is 0.529. The fourth-order valence-electron chi connectivity index (χ4n) is 6.75. The molecule has 0 spiro atoms. The molecule has 3 aliphatic rings. The van der Waals surface area contributed by atoms with Gasteiger partial charge in [-0.25, -0.2) is 0 Å². The van der Waals surface area contributed by atoms with Crippen molar-refractivity contribution in [2.45, 2.75) is 107 Å². The maximum absolute atomic E-state index is 14.4. The van der Waals surface area contributed by atoms with Crippen molar-refractivity contribution in [2.24, 2.45) is 30.0 Å². The van der Waals surface area contributed by atoms with E-state index in [0.29, 0.717) is 0 Å². The predicted molar refractivity (Wildman–Crippen MR) is 201 cm³/mol. The third-order valence-electron chi connectivity index (χ3n) is 8.43. The van der Waals surface area contributed by atoms with Crippen LogP contribution in [-0.2, 0) is 20.0 Å². The highest BCUT2D eigenvalue weighted by Gasteiger charge is 2.82. The number of allylic oxidation sites excluding steroid dienone is 4. The average Bonchev–Trinajstić information content (AvgIpc) is 2.82. The van der Waals surface area contributed by atoms with E-state index in [1.807, 2.05) is 38.1 Å². The van der Waals surface area contributed by atoms with Gasteiger partial charge < -0.3 is 0 Å². The second-order valence-corrected chi connectivity index (χ2v) is 41.8. The van der Waals surface area contributed by atoms with Gasteiger partial charge >= 0.3 is 0 Å². The Morgan fingerprint density at radius 2 is 0.739 bits per heavy atom. The van der Waals surface area contributed by atoms with Crippen LogP contribution in [0.4, 0.5) is 0 Å². The average molecular weight is 739 g/mol. The van der Waals surface area contributed by atoms with Crippen molar-refractivity contribution >= 4 is 47.5 Å². The molecule has 1 saturated heterocycles. The molecule has 0 atom stereocenters. The minimum absolute atomic E-state index is 0.202. The van der Waals surface area contributed by atoms with Crippen molar-refractivity contribution in [3.63, 3.8) is 0 Å². The summed E-state index contributed by atoms with van der Waals surface area (Å²) in [5.74, 6) is 0. The Morgan fingerprint density at radius 1 is 0.478 bits per heavy atom. The summed E-state index contributed by atoms with van der Waals surface area (Å²) in [6, 6.07) is 13.9. The molecule has 0 amide bonds. The number of sulfonamides is 2. The number of hydrogen-bond acceptors (Lipinski definition) is 4. The Bertz CT molecular complexity index is 1870.